The zero-order chi connectivity index (χ0) is 15.4. The third-order valence-corrected chi connectivity index (χ3v) is 4.08. The second kappa shape index (κ2) is 6.80. The van der Waals surface area contributed by atoms with Crippen LogP contribution in [0.15, 0.2) is 29.6 Å². The Kier molecular flexibility index (Phi) is 5.07. The maximum absolute atomic E-state index is 13.9. The van der Waals surface area contributed by atoms with Crippen molar-refractivity contribution in [1.29, 1.82) is 0 Å². The number of nitrogens with two attached hydrogens (primary N) is 1. The summed E-state index contributed by atoms with van der Waals surface area (Å²) in [5, 5.41) is 5.42. The highest BCUT2D eigenvalue weighted by Crippen LogP contribution is 2.33. The lowest BCUT2D eigenvalue weighted by Crippen LogP contribution is -2.12. The lowest BCUT2D eigenvalue weighted by Gasteiger charge is -2.20. The summed E-state index contributed by atoms with van der Waals surface area (Å²) in [7, 11) is 0. The van der Waals surface area contributed by atoms with Crippen molar-refractivity contribution in [2.24, 2.45) is 0 Å². The van der Waals surface area contributed by atoms with Crippen LogP contribution < -0.4 is 15.8 Å². The van der Waals surface area contributed by atoms with Crippen LogP contribution in [-0.4, -0.2) is 6.10 Å². The van der Waals surface area contributed by atoms with Gasteiger partial charge in [-0.1, -0.05) is 13.0 Å². The number of rotatable bonds is 6. The van der Waals surface area contributed by atoms with Gasteiger partial charge < -0.3 is 15.8 Å². The Morgan fingerprint density at radius 2 is 2.14 bits per heavy atom. The van der Waals surface area contributed by atoms with E-state index in [1.165, 1.54) is 10.9 Å². The fourth-order valence-electron chi connectivity index (χ4n) is 2.09. The van der Waals surface area contributed by atoms with E-state index in [4.69, 9.17) is 10.5 Å². The molecule has 0 bridgehead atoms. The molecule has 0 aliphatic rings. The molecular weight excluding hydrogens is 287 g/mol. The van der Waals surface area contributed by atoms with Gasteiger partial charge in [-0.3, -0.25) is 0 Å². The molecule has 0 aliphatic carbocycles. The van der Waals surface area contributed by atoms with Crippen molar-refractivity contribution in [1.82, 2.24) is 0 Å². The monoisotopic (exact) mass is 308 g/mol. The maximum Gasteiger partial charge on any atom is 0.167 e. The summed E-state index contributed by atoms with van der Waals surface area (Å²) in [5.41, 5.74) is 7.01. The molecule has 0 fully saturated rings. The highest BCUT2D eigenvalue weighted by Gasteiger charge is 2.15. The third-order valence-electron chi connectivity index (χ3n) is 3.09. The first-order valence-electron chi connectivity index (χ1n) is 7.06. The van der Waals surface area contributed by atoms with Crippen molar-refractivity contribution in [2.75, 3.05) is 11.1 Å². The number of anilines is 2. The lowest BCUT2D eigenvalue weighted by molar-refractivity contribution is 0.231. The van der Waals surface area contributed by atoms with Gasteiger partial charge in [0.2, 0.25) is 0 Å². The van der Waals surface area contributed by atoms with E-state index in [9.17, 15) is 4.39 Å². The maximum atomic E-state index is 13.9. The van der Waals surface area contributed by atoms with Crippen molar-refractivity contribution >= 4 is 22.7 Å². The molecule has 0 saturated carbocycles. The highest BCUT2D eigenvalue weighted by molar-refractivity contribution is 7.10. The molecule has 0 amide bonds. The van der Waals surface area contributed by atoms with Crippen molar-refractivity contribution in [2.45, 2.75) is 39.3 Å². The largest absolute Gasteiger partial charge is 0.488 e. The summed E-state index contributed by atoms with van der Waals surface area (Å²) in [6.07, 6.45) is 0.827. The zero-order valence-corrected chi connectivity index (χ0v) is 13.3. The quantitative estimate of drug-likeness (QED) is 0.752. The van der Waals surface area contributed by atoms with Gasteiger partial charge in [0.05, 0.1) is 23.5 Å². The number of nitrogens with one attached hydrogen (secondary N) is 1. The summed E-state index contributed by atoms with van der Waals surface area (Å²) in [6.45, 7) is 5.83. The molecule has 0 radical (unpaired) electrons. The lowest BCUT2D eigenvalue weighted by atomic mass is 10.1. The van der Waals surface area contributed by atoms with Gasteiger partial charge in [0.15, 0.2) is 11.6 Å². The number of ether oxygens (including phenoxy) is 1. The zero-order valence-electron chi connectivity index (χ0n) is 12.5. The van der Waals surface area contributed by atoms with Crippen molar-refractivity contribution < 1.29 is 9.13 Å². The second-order valence-electron chi connectivity index (χ2n) is 5.16. The summed E-state index contributed by atoms with van der Waals surface area (Å²) < 4.78 is 19.3. The number of hydrogen-bond donors (Lipinski definition) is 2. The topological polar surface area (TPSA) is 47.3 Å². The van der Waals surface area contributed by atoms with Gasteiger partial charge in [0, 0.05) is 17.0 Å². The molecule has 2 aromatic rings. The Balaban J connectivity index is 2.26. The molecule has 1 aromatic heterocycles. The number of nitrogen functional groups attached to an aromatic ring is 1. The van der Waals surface area contributed by atoms with E-state index in [0.29, 0.717) is 11.4 Å². The molecule has 0 aliphatic heterocycles. The summed E-state index contributed by atoms with van der Waals surface area (Å²) >= 11 is 1.69. The average Bonchev–Trinajstić information content (AvgIpc) is 2.94. The second-order valence-corrected chi connectivity index (χ2v) is 6.14. The minimum Gasteiger partial charge on any atom is -0.488 e. The molecule has 114 valence electrons. The molecule has 0 saturated heterocycles. The normalized spacial score (nSPS) is 12.4. The van der Waals surface area contributed by atoms with Gasteiger partial charge in [0.25, 0.3) is 0 Å². The molecule has 1 unspecified atom stereocenters. The molecule has 1 heterocycles. The predicted molar refractivity (Wildman–Crippen MR) is 87.6 cm³/mol. The van der Waals surface area contributed by atoms with Gasteiger partial charge in [-0.25, -0.2) is 4.39 Å². The average molecular weight is 308 g/mol. The molecule has 3 N–H and O–H groups in total. The summed E-state index contributed by atoms with van der Waals surface area (Å²) in [5.74, 6) is -0.210. The molecule has 0 spiro atoms. The molecule has 1 aromatic carbocycles. The Morgan fingerprint density at radius 1 is 1.38 bits per heavy atom. The van der Waals surface area contributed by atoms with E-state index in [1.54, 1.807) is 17.4 Å². The molecule has 2 rings (SSSR count). The summed E-state index contributed by atoms with van der Waals surface area (Å²) in [6, 6.07) is 7.20. The van der Waals surface area contributed by atoms with Gasteiger partial charge in [-0.15, -0.1) is 11.3 Å². The fourth-order valence-corrected chi connectivity index (χ4v) is 2.95. The van der Waals surface area contributed by atoms with Gasteiger partial charge >= 0.3 is 0 Å². The van der Waals surface area contributed by atoms with Crippen LogP contribution in [0.4, 0.5) is 15.8 Å². The van der Waals surface area contributed by atoms with Gasteiger partial charge in [-0.05, 0) is 31.7 Å². The van der Waals surface area contributed by atoms with Crippen LogP contribution in [-0.2, 0) is 0 Å². The number of hydrogen-bond acceptors (Lipinski definition) is 4. The minimum atomic E-state index is -0.434. The first-order valence-corrected chi connectivity index (χ1v) is 7.94. The number of halogens is 1. The standard InChI is InChI=1S/C16H21FN2OS/c1-4-13(16-6-5-7-21-16)19-14-9-15(20-10(2)3)11(17)8-12(14)18/h5-10,13,19H,4,18H2,1-3H3. The van der Waals surface area contributed by atoms with Gasteiger partial charge in [0.1, 0.15) is 0 Å². The smallest absolute Gasteiger partial charge is 0.167 e. The van der Waals surface area contributed by atoms with E-state index < -0.39 is 5.82 Å². The van der Waals surface area contributed by atoms with E-state index in [1.807, 2.05) is 25.3 Å². The molecule has 21 heavy (non-hydrogen) atoms. The molecule has 5 heteroatoms. The third kappa shape index (κ3) is 3.88. The van der Waals surface area contributed by atoms with Crippen LogP contribution in [0.25, 0.3) is 0 Å². The van der Waals surface area contributed by atoms with Crippen molar-refractivity contribution in [3.63, 3.8) is 0 Å². The number of benzene rings is 1. The molecule has 3 nitrogen and oxygen atoms in total. The molecule has 1 atom stereocenters. The first-order chi connectivity index (χ1) is 10.0. The fraction of sp³-hybridized carbons (Fsp3) is 0.375. The van der Waals surface area contributed by atoms with Gasteiger partial charge in [-0.2, -0.15) is 0 Å². The van der Waals surface area contributed by atoms with Crippen LogP contribution in [0.3, 0.4) is 0 Å². The Bertz CT molecular complexity index is 584. The van der Waals surface area contributed by atoms with Crippen LogP contribution in [0, 0.1) is 5.82 Å². The van der Waals surface area contributed by atoms with E-state index >= 15 is 0 Å². The summed E-state index contributed by atoms with van der Waals surface area (Å²) in [4.78, 5) is 1.23. The Morgan fingerprint density at radius 3 is 2.71 bits per heavy atom. The van der Waals surface area contributed by atoms with Crippen LogP contribution >= 0.6 is 11.3 Å². The SMILES string of the molecule is CCC(Nc1cc(OC(C)C)c(F)cc1N)c1cccs1. The van der Waals surface area contributed by atoms with Crippen LogP contribution in [0.1, 0.15) is 38.1 Å². The van der Waals surface area contributed by atoms with Crippen molar-refractivity contribution in [3.8, 4) is 5.75 Å². The van der Waals surface area contributed by atoms with E-state index in [2.05, 4.69) is 18.3 Å². The van der Waals surface area contributed by atoms with Crippen LogP contribution in [0.5, 0.6) is 5.75 Å². The van der Waals surface area contributed by atoms with E-state index in [-0.39, 0.29) is 17.9 Å². The Hall–Kier alpha value is -1.75. The van der Waals surface area contributed by atoms with Crippen LogP contribution in [0.2, 0.25) is 0 Å². The highest BCUT2D eigenvalue weighted by atomic mass is 32.1. The van der Waals surface area contributed by atoms with Crippen molar-refractivity contribution in [3.05, 3.63) is 40.3 Å². The Labute approximate surface area is 128 Å². The first kappa shape index (κ1) is 15.6. The molecular formula is C16H21FN2OS. The minimum absolute atomic E-state index is 0.0877. The van der Waals surface area contributed by atoms with E-state index in [0.717, 1.165) is 6.42 Å². The number of thiophene rings is 1. The predicted octanol–water partition coefficient (Wildman–Crippen LogP) is 4.82.